The highest BCUT2D eigenvalue weighted by molar-refractivity contribution is 6.30. The van der Waals surface area contributed by atoms with Gasteiger partial charge in [-0.15, -0.1) is 0 Å². The number of halogens is 1. The summed E-state index contributed by atoms with van der Waals surface area (Å²) in [6.45, 7) is 2.31. The van der Waals surface area contributed by atoms with Gasteiger partial charge in [-0.05, 0) is 61.1 Å². The third-order valence-corrected chi connectivity index (χ3v) is 8.23. The summed E-state index contributed by atoms with van der Waals surface area (Å²) in [5, 5.41) is 3.03. The van der Waals surface area contributed by atoms with E-state index in [4.69, 9.17) is 16.3 Å². The second kappa shape index (κ2) is 9.48. The van der Waals surface area contributed by atoms with Crippen LogP contribution in [0.3, 0.4) is 0 Å². The predicted octanol–water partition coefficient (Wildman–Crippen LogP) is 3.29. The summed E-state index contributed by atoms with van der Waals surface area (Å²) in [4.78, 5) is 45.1. The molecule has 36 heavy (non-hydrogen) atoms. The summed E-state index contributed by atoms with van der Waals surface area (Å²) in [5.74, 6) is 0.373. The van der Waals surface area contributed by atoms with E-state index in [-0.39, 0.29) is 24.3 Å². The minimum Gasteiger partial charge on any atom is -0.489 e. The minimum absolute atomic E-state index is 0.0959. The van der Waals surface area contributed by atoms with Gasteiger partial charge in [0.25, 0.3) is 5.91 Å². The maximum atomic E-state index is 13.0. The number of rotatable bonds is 5. The summed E-state index contributed by atoms with van der Waals surface area (Å²) in [5.41, 5.74) is 2.66. The maximum absolute atomic E-state index is 13.0. The van der Waals surface area contributed by atoms with Crippen molar-refractivity contribution in [1.82, 2.24) is 20.1 Å². The lowest BCUT2D eigenvalue weighted by Crippen LogP contribution is -2.57. The third kappa shape index (κ3) is 4.37. The molecule has 0 spiro atoms. The number of carbonyl (C=O) groups excluding carboxylic acids is 3. The molecular weight excluding hydrogens is 480 g/mol. The molecule has 188 valence electrons. The third-order valence-electron chi connectivity index (χ3n) is 8.03. The highest BCUT2D eigenvalue weighted by atomic mass is 35.5. The number of carbonyl (C=O) groups is 3. The van der Waals surface area contributed by atoms with Crippen molar-refractivity contribution in [2.75, 3.05) is 13.1 Å². The molecule has 4 heterocycles. The first-order chi connectivity index (χ1) is 17.5. The highest BCUT2D eigenvalue weighted by Crippen LogP contribution is 2.37. The van der Waals surface area contributed by atoms with E-state index < -0.39 is 11.9 Å². The second-order valence-corrected chi connectivity index (χ2v) is 10.8. The SMILES string of the molecule is O=C1CCC(N2Cc3cc(O[C@@H]4CCCC[C@@H]4N4CC(c5cncc(Cl)c5)C4)ccc3C2=O)C(=O)N1. The fourth-order valence-corrected chi connectivity index (χ4v) is 6.26. The summed E-state index contributed by atoms with van der Waals surface area (Å²) in [6.07, 6.45) is 8.74. The standard InChI is InChI=1S/C27H29ClN4O4/c28-19-9-16(11-29-12-19)18-13-31(14-18)22-3-1-2-4-24(22)36-20-5-6-21-17(10-20)15-32(27(21)35)23-7-8-25(33)30-26(23)34/h5-6,9-12,18,22-24H,1-4,7-8,13-15H2,(H,30,33,34)/t22-,23?,24+/m0/s1. The number of nitrogens with one attached hydrogen (secondary N) is 1. The van der Waals surface area contributed by atoms with E-state index >= 15 is 0 Å². The first-order valence-corrected chi connectivity index (χ1v) is 13.1. The average Bonchev–Trinajstić information content (AvgIpc) is 3.15. The van der Waals surface area contributed by atoms with Crippen molar-refractivity contribution in [3.8, 4) is 5.75 Å². The van der Waals surface area contributed by atoms with Crippen molar-refractivity contribution in [2.45, 2.75) is 69.2 Å². The van der Waals surface area contributed by atoms with Crippen LogP contribution in [0.15, 0.2) is 36.7 Å². The number of likely N-dealkylation sites (tertiary alicyclic amines) is 1. The molecule has 3 atom stereocenters. The molecule has 0 bridgehead atoms. The zero-order valence-corrected chi connectivity index (χ0v) is 20.7. The molecule has 8 nitrogen and oxygen atoms in total. The van der Waals surface area contributed by atoms with E-state index in [1.807, 2.05) is 30.5 Å². The van der Waals surface area contributed by atoms with Crippen LogP contribution in [0.4, 0.5) is 0 Å². The molecule has 3 aliphatic heterocycles. The summed E-state index contributed by atoms with van der Waals surface area (Å²) >= 11 is 6.13. The lowest BCUT2D eigenvalue weighted by Gasteiger charge is -2.48. The van der Waals surface area contributed by atoms with Gasteiger partial charge in [-0.25, -0.2) is 0 Å². The Balaban J connectivity index is 1.12. The average molecular weight is 509 g/mol. The molecule has 3 amide bonds. The summed E-state index contributed by atoms with van der Waals surface area (Å²) in [6, 6.07) is 7.38. The van der Waals surface area contributed by atoms with Crippen molar-refractivity contribution >= 4 is 29.3 Å². The fraction of sp³-hybridized carbons (Fsp3) is 0.481. The van der Waals surface area contributed by atoms with E-state index in [0.29, 0.717) is 35.5 Å². The van der Waals surface area contributed by atoms with Crippen molar-refractivity contribution < 1.29 is 19.1 Å². The van der Waals surface area contributed by atoms with E-state index in [1.165, 1.54) is 12.0 Å². The van der Waals surface area contributed by atoms with Gasteiger partial charge in [0.2, 0.25) is 11.8 Å². The Bertz CT molecular complexity index is 1210. The number of imide groups is 1. The van der Waals surface area contributed by atoms with Gasteiger partial charge in [0.05, 0.1) is 5.02 Å². The molecule has 3 fully saturated rings. The number of fused-ring (bicyclic) bond motifs is 1. The molecular formula is C27H29ClN4O4. The molecule has 1 aromatic carbocycles. The summed E-state index contributed by atoms with van der Waals surface area (Å²) in [7, 11) is 0. The van der Waals surface area contributed by atoms with Gasteiger partial charge >= 0.3 is 0 Å². The zero-order valence-electron chi connectivity index (χ0n) is 20.0. The molecule has 9 heteroatoms. The Morgan fingerprint density at radius 3 is 2.67 bits per heavy atom. The lowest BCUT2D eigenvalue weighted by atomic mass is 9.85. The molecule has 1 N–H and O–H groups in total. The monoisotopic (exact) mass is 508 g/mol. The van der Waals surface area contributed by atoms with Crippen molar-refractivity contribution in [2.24, 2.45) is 0 Å². The Kier molecular flexibility index (Phi) is 6.17. The van der Waals surface area contributed by atoms with Gasteiger partial charge in [-0.1, -0.05) is 18.0 Å². The predicted molar refractivity (Wildman–Crippen MR) is 133 cm³/mol. The van der Waals surface area contributed by atoms with Gasteiger partial charge < -0.3 is 9.64 Å². The van der Waals surface area contributed by atoms with Crippen molar-refractivity contribution in [3.63, 3.8) is 0 Å². The molecule has 1 aliphatic carbocycles. The minimum atomic E-state index is -0.608. The van der Waals surface area contributed by atoms with Gasteiger partial charge in [-0.3, -0.25) is 29.6 Å². The highest BCUT2D eigenvalue weighted by Gasteiger charge is 2.41. The van der Waals surface area contributed by atoms with Crippen LogP contribution >= 0.6 is 11.6 Å². The number of piperidine rings is 1. The van der Waals surface area contributed by atoms with Crippen molar-refractivity contribution in [3.05, 3.63) is 58.4 Å². The lowest BCUT2D eigenvalue weighted by molar-refractivity contribution is -0.136. The Labute approximate surface area is 214 Å². The molecule has 4 aliphatic rings. The number of amides is 3. The normalized spacial score (nSPS) is 27.0. The van der Waals surface area contributed by atoms with Crippen LogP contribution in [-0.2, 0) is 16.1 Å². The molecule has 1 saturated carbocycles. The zero-order chi connectivity index (χ0) is 24.8. The molecule has 1 aromatic heterocycles. The Morgan fingerprint density at radius 1 is 1.03 bits per heavy atom. The molecule has 2 aromatic rings. The van der Waals surface area contributed by atoms with E-state index in [0.717, 1.165) is 43.7 Å². The first-order valence-electron chi connectivity index (χ1n) is 12.7. The van der Waals surface area contributed by atoms with Crippen LogP contribution in [0.25, 0.3) is 0 Å². The van der Waals surface area contributed by atoms with Gasteiger partial charge in [0.15, 0.2) is 0 Å². The first kappa shape index (κ1) is 23.4. The quantitative estimate of drug-likeness (QED) is 0.623. The number of hydrogen-bond donors (Lipinski definition) is 1. The van der Waals surface area contributed by atoms with Crippen LogP contribution in [0.1, 0.15) is 65.9 Å². The van der Waals surface area contributed by atoms with E-state index in [1.54, 1.807) is 11.1 Å². The van der Waals surface area contributed by atoms with Gasteiger partial charge in [0.1, 0.15) is 17.9 Å². The van der Waals surface area contributed by atoms with Crippen LogP contribution < -0.4 is 10.1 Å². The number of nitrogens with zero attached hydrogens (tertiary/aromatic N) is 3. The van der Waals surface area contributed by atoms with Crippen LogP contribution in [0, 0.1) is 0 Å². The Morgan fingerprint density at radius 2 is 1.86 bits per heavy atom. The largest absolute Gasteiger partial charge is 0.489 e. The second-order valence-electron chi connectivity index (χ2n) is 10.3. The number of aromatic nitrogens is 1. The molecule has 2 saturated heterocycles. The fourth-order valence-electron chi connectivity index (χ4n) is 6.08. The number of benzene rings is 1. The molecule has 0 radical (unpaired) electrons. The van der Waals surface area contributed by atoms with Gasteiger partial charge in [0, 0.05) is 56.0 Å². The molecule has 6 rings (SSSR count). The topological polar surface area (TPSA) is 91.8 Å². The van der Waals surface area contributed by atoms with Crippen LogP contribution in [0.5, 0.6) is 5.75 Å². The number of hydrogen-bond acceptors (Lipinski definition) is 6. The smallest absolute Gasteiger partial charge is 0.255 e. The van der Waals surface area contributed by atoms with Gasteiger partial charge in [-0.2, -0.15) is 0 Å². The molecule has 1 unspecified atom stereocenters. The van der Waals surface area contributed by atoms with Crippen LogP contribution in [0.2, 0.25) is 5.02 Å². The van der Waals surface area contributed by atoms with E-state index in [9.17, 15) is 14.4 Å². The van der Waals surface area contributed by atoms with E-state index in [2.05, 4.69) is 15.2 Å². The Hall–Kier alpha value is -2.97. The van der Waals surface area contributed by atoms with Crippen molar-refractivity contribution in [1.29, 1.82) is 0 Å². The number of ether oxygens (including phenoxy) is 1. The summed E-state index contributed by atoms with van der Waals surface area (Å²) < 4.78 is 6.53. The van der Waals surface area contributed by atoms with Crippen LogP contribution in [-0.4, -0.2) is 63.8 Å². The number of pyridine rings is 1. The maximum Gasteiger partial charge on any atom is 0.255 e.